The van der Waals surface area contributed by atoms with Gasteiger partial charge in [0.2, 0.25) is 5.78 Å². The summed E-state index contributed by atoms with van der Waals surface area (Å²) in [6, 6.07) is 10.6. The Bertz CT molecular complexity index is 741. The highest BCUT2D eigenvalue weighted by atomic mass is 15.1. The number of imidazole rings is 1. The number of hydrogen-bond donors (Lipinski definition) is 0. The zero-order chi connectivity index (χ0) is 14.9. The van der Waals surface area contributed by atoms with E-state index in [0.29, 0.717) is 0 Å². The minimum absolute atomic E-state index is 0.190. The summed E-state index contributed by atoms with van der Waals surface area (Å²) in [4.78, 5) is 8.66. The Hall–Kier alpha value is -2.42. The standard InChI is InChI=1S/C18H19N3/c1-18(2,3)15-8-5-14(6-9-15)7-10-16-13-21-12-4-11-19-17(21)20-16/h4-13H,1-3H3/b10-7+. The van der Waals surface area contributed by atoms with Crippen LogP contribution in [0.25, 0.3) is 17.9 Å². The Kier molecular flexibility index (Phi) is 3.34. The molecule has 3 aromatic rings. The van der Waals surface area contributed by atoms with Gasteiger partial charge in [-0.3, -0.25) is 4.40 Å². The Morgan fingerprint density at radius 3 is 2.48 bits per heavy atom. The molecule has 0 aliphatic rings. The van der Waals surface area contributed by atoms with Crippen molar-refractivity contribution in [3.8, 4) is 0 Å². The smallest absolute Gasteiger partial charge is 0.234 e. The molecule has 0 saturated heterocycles. The van der Waals surface area contributed by atoms with Crippen LogP contribution in [-0.2, 0) is 5.41 Å². The van der Waals surface area contributed by atoms with E-state index in [1.807, 2.05) is 28.9 Å². The van der Waals surface area contributed by atoms with Crippen molar-refractivity contribution in [3.63, 3.8) is 0 Å². The first-order valence-electron chi connectivity index (χ1n) is 7.11. The number of aromatic nitrogens is 3. The quantitative estimate of drug-likeness (QED) is 0.703. The number of hydrogen-bond acceptors (Lipinski definition) is 2. The van der Waals surface area contributed by atoms with Gasteiger partial charge in [-0.05, 0) is 28.7 Å². The van der Waals surface area contributed by atoms with Crippen LogP contribution >= 0.6 is 0 Å². The molecule has 21 heavy (non-hydrogen) atoms. The fourth-order valence-electron chi connectivity index (χ4n) is 2.20. The Morgan fingerprint density at radius 1 is 1.05 bits per heavy atom. The maximum absolute atomic E-state index is 4.45. The second-order valence-corrected chi connectivity index (χ2v) is 6.20. The Morgan fingerprint density at radius 2 is 1.81 bits per heavy atom. The van der Waals surface area contributed by atoms with Crippen molar-refractivity contribution in [1.29, 1.82) is 0 Å². The Labute approximate surface area is 125 Å². The van der Waals surface area contributed by atoms with Crippen molar-refractivity contribution < 1.29 is 0 Å². The lowest BCUT2D eigenvalue weighted by molar-refractivity contribution is 0.590. The molecule has 0 N–H and O–H groups in total. The first kappa shape index (κ1) is 13.6. The van der Waals surface area contributed by atoms with Gasteiger partial charge in [0.25, 0.3) is 0 Å². The van der Waals surface area contributed by atoms with Crippen molar-refractivity contribution in [2.75, 3.05) is 0 Å². The molecule has 0 radical (unpaired) electrons. The summed E-state index contributed by atoms with van der Waals surface area (Å²) in [6.07, 6.45) is 9.77. The normalized spacial score (nSPS) is 12.3. The van der Waals surface area contributed by atoms with E-state index in [9.17, 15) is 0 Å². The zero-order valence-electron chi connectivity index (χ0n) is 12.6. The van der Waals surface area contributed by atoms with Crippen molar-refractivity contribution in [3.05, 3.63) is 65.7 Å². The molecule has 3 nitrogen and oxygen atoms in total. The summed E-state index contributed by atoms with van der Waals surface area (Å²) < 4.78 is 1.92. The minimum Gasteiger partial charge on any atom is -0.291 e. The van der Waals surface area contributed by atoms with Crippen LogP contribution in [0.3, 0.4) is 0 Å². The highest BCUT2D eigenvalue weighted by Gasteiger charge is 2.12. The summed E-state index contributed by atoms with van der Waals surface area (Å²) in [6.45, 7) is 6.67. The molecule has 106 valence electrons. The highest BCUT2D eigenvalue weighted by Crippen LogP contribution is 2.22. The monoisotopic (exact) mass is 277 g/mol. The number of rotatable bonds is 2. The first-order valence-corrected chi connectivity index (χ1v) is 7.11. The van der Waals surface area contributed by atoms with Crippen molar-refractivity contribution >= 4 is 17.9 Å². The molecule has 2 aromatic heterocycles. The molecule has 0 unspecified atom stereocenters. The van der Waals surface area contributed by atoms with Crippen LogP contribution in [0.4, 0.5) is 0 Å². The molecule has 2 heterocycles. The predicted molar refractivity (Wildman–Crippen MR) is 87.1 cm³/mol. The third-order valence-electron chi connectivity index (χ3n) is 3.48. The number of fused-ring (bicyclic) bond motifs is 1. The number of nitrogens with zero attached hydrogens (tertiary/aromatic N) is 3. The molecule has 3 rings (SSSR count). The lowest BCUT2D eigenvalue weighted by Gasteiger charge is -2.18. The minimum atomic E-state index is 0.190. The van der Waals surface area contributed by atoms with E-state index in [1.54, 1.807) is 6.20 Å². The van der Waals surface area contributed by atoms with Crippen molar-refractivity contribution in [1.82, 2.24) is 14.4 Å². The van der Waals surface area contributed by atoms with E-state index in [1.165, 1.54) is 11.1 Å². The average Bonchev–Trinajstić information content (AvgIpc) is 2.87. The van der Waals surface area contributed by atoms with Gasteiger partial charge in [0.05, 0.1) is 5.69 Å². The molecule has 0 aliphatic heterocycles. The van der Waals surface area contributed by atoms with Crippen LogP contribution in [0.1, 0.15) is 37.6 Å². The van der Waals surface area contributed by atoms with Gasteiger partial charge in [-0.25, -0.2) is 9.97 Å². The summed E-state index contributed by atoms with van der Waals surface area (Å²) in [7, 11) is 0. The van der Waals surface area contributed by atoms with Gasteiger partial charge in [0.1, 0.15) is 0 Å². The topological polar surface area (TPSA) is 30.2 Å². The third kappa shape index (κ3) is 3.02. The highest BCUT2D eigenvalue weighted by molar-refractivity contribution is 5.68. The second kappa shape index (κ2) is 5.17. The van der Waals surface area contributed by atoms with E-state index < -0.39 is 0 Å². The van der Waals surface area contributed by atoms with Crippen LogP contribution in [0, 0.1) is 0 Å². The molecule has 0 bridgehead atoms. The lowest BCUT2D eigenvalue weighted by Crippen LogP contribution is -2.10. The molecule has 1 aromatic carbocycles. The van der Waals surface area contributed by atoms with E-state index in [-0.39, 0.29) is 5.41 Å². The fraction of sp³-hybridized carbons (Fsp3) is 0.222. The van der Waals surface area contributed by atoms with E-state index in [2.05, 4.69) is 61.1 Å². The SMILES string of the molecule is CC(C)(C)c1ccc(/C=C/c2cn3cccnc3n2)cc1. The molecule has 0 saturated carbocycles. The second-order valence-electron chi connectivity index (χ2n) is 6.20. The van der Waals surface area contributed by atoms with Crippen LogP contribution in [0.2, 0.25) is 0 Å². The molecular weight excluding hydrogens is 258 g/mol. The molecule has 0 aliphatic carbocycles. The zero-order valence-corrected chi connectivity index (χ0v) is 12.6. The largest absolute Gasteiger partial charge is 0.291 e. The summed E-state index contributed by atoms with van der Waals surface area (Å²) in [5, 5.41) is 0. The van der Waals surface area contributed by atoms with Crippen molar-refractivity contribution in [2.24, 2.45) is 0 Å². The van der Waals surface area contributed by atoms with Gasteiger partial charge in [-0.1, -0.05) is 51.1 Å². The predicted octanol–water partition coefficient (Wildman–Crippen LogP) is 4.20. The molecule has 3 heteroatoms. The maximum atomic E-state index is 4.45. The Balaban J connectivity index is 1.82. The fourth-order valence-corrected chi connectivity index (χ4v) is 2.20. The van der Waals surface area contributed by atoms with Gasteiger partial charge in [0, 0.05) is 18.6 Å². The molecular formula is C18H19N3. The van der Waals surface area contributed by atoms with E-state index in [0.717, 1.165) is 11.5 Å². The molecule has 0 spiro atoms. The van der Waals surface area contributed by atoms with Gasteiger partial charge >= 0.3 is 0 Å². The molecule has 0 atom stereocenters. The summed E-state index contributed by atoms with van der Waals surface area (Å²) in [5.41, 5.74) is 3.62. The van der Waals surface area contributed by atoms with E-state index >= 15 is 0 Å². The average molecular weight is 277 g/mol. The van der Waals surface area contributed by atoms with Gasteiger partial charge in [-0.15, -0.1) is 0 Å². The molecule has 0 fully saturated rings. The van der Waals surface area contributed by atoms with Crippen LogP contribution < -0.4 is 0 Å². The van der Waals surface area contributed by atoms with Gasteiger partial charge < -0.3 is 0 Å². The van der Waals surface area contributed by atoms with Crippen LogP contribution in [0.15, 0.2) is 48.9 Å². The van der Waals surface area contributed by atoms with Gasteiger partial charge in [-0.2, -0.15) is 0 Å². The molecule has 0 amide bonds. The summed E-state index contributed by atoms with van der Waals surface area (Å²) >= 11 is 0. The van der Waals surface area contributed by atoms with Crippen LogP contribution in [0.5, 0.6) is 0 Å². The van der Waals surface area contributed by atoms with Gasteiger partial charge in [0.15, 0.2) is 0 Å². The number of benzene rings is 1. The third-order valence-corrected chi connectivity index (χ3v) is 3.48. The summed E-state index contributed by atoms with van der Waals surface area (Å²) in [5.74, 6) is 0.722. The first-order chi connectivity index (χ1) is 10.0. The van der Waals surface area contributed by atoms with E-state index in [4.69, 9.17) is 0 Å². The van der Waals surface area contributed by atoms with Crippen molar-refractivity contribution in [2.45, 2.75) is 26.2 Å². The van der Waals surface area contributed by atoms with Crippen LogP contribution in [-0.4, -0.2) is 14.4 Å². The lowest BCUT2D eigenvalue weighted by atomic mass is 9.87. The maximum Gasteiger partial charge on any atom is 0.234 e.